The highest BCUT2D eigenvalue weighted by molar-refractivity contribution is 6.31. The molecule has 0 fully saturated rings. The van der Waals surface area contributed by atoms with Crippen molar-refractivity contribution in [3.8, 4) is 0 Å². The minimum atomic E-state index is -0.569. The minimum absolute atomic E-state index is 0.0884. The van der Waals surface area contributed by atoms with E-state index in [4.69, 9.17) is 23.2 Å². The van der Waals surface area contributed by atoms with E-state index in [1.54, 1.807) is 24.3 Å². The van der Waals surface area contributed by atoms with Crippen LogP contribution in [0.1, 0.15) is 5.56 Å². The molecule has 0 aliphatic heterocycles. The molecule has 23 heavy (non-hydrogen) atoms. The molecular weight excluding hydrogens is 342 g/mol. The first-order valence-electron chi connectivity index (χ1n) is 6.70. The maximum absolute atomic E-state index is 13.0. The van der Waals surface area contributed by atoms with Crippen molar-refractivity contribution in [3.05, 3.63) is 63.9 Å². The zero-order valence-electron chi connectivity index (χ0n) is 11.9. The van der Waals surface area contributed by atoms with Crippen LogP contribution in [0.2, 0.25) is 10.0 Å². The van der Waals surface area contributed by atoms with Gasteiger partial charge in [-0.25, -0.2) is 4.39 Å². The lowest BCUT2D eigenvalue weighted by Gasteiger charge is -2.08. The van der Waals surface area contributed by atoms with Gasteiger partial charge in [0, 0.05) is 10.7 Å². The summed E-state index contributed by atoms with van der Waals surface area (Å²) in [6, 6.07) is 10.7. The van der Waals surface area contributed by atoms with E-state index in [9.17, 15) is 14.0 Å². The van der Waals surface area contributed by atoms with Gasteiger partial charge in [-0.15, -0.1) is 0 Å². The number of hydrogen-bond acceptors (Lipinski definition) is 2. The van der Waals surface area contributed by atoms with Crippen molar-refractivity contribution in [2.45, 2.75) is 6.42 Å². The molecule has 0 bridgehead atoms. The molecule has 2 rings (SSSR count). The van der Waals surface area contributed by atoms with Gasteiger partial charge in [0.2, 0.25) is 11.8 Å². The fourth-order valence-corrected chi connectivity index (χ4v) is 2.11. The van der Waals surface area contributed by atoms with E-state index in [0.717, 1.165) is 11.6 Å². The molecule has 120 valence electrons. The Labute approximate surface area is 142 Å². The van der Waals surface area contributed by atoms with Crippen LogP contribution in [0.3, 0.4) is 0 Å². The van der Waals surface area contributed by atoms with Crippen molar-refractivity contribution >= 4 is 40.7 Å². The summed E-state index contributed by atoms with van der Waals surface area (Å²) in [7, 11) is 0. The number of anilines is 1. The number of halogens is 3. The van der Waals surface area contributed by atoms with Crippen LogP contribution in [0.15, 0.2) is 42.5 Å². The van der Waals surface area contributed by atoms with E-state index in [1.165, 1.54) is 12.1 Å². The standard InChI is InChI=1S/C16H13Cl2FN2O2/c17-11-3-1-10(2-4-11)7-15(22)20-9-16(23)21-12-5-6-14(19)13(18)8-12/h1-6,8H,7,9H2,(H,20,22)(H,21,23). The number of carbonyl (C=O) groups excluding carboxylic acids is 2. The molecule has 4 nitrogen and oxygen atoms in total. The van der Waals surface area contributed by atoms with Crippen molar-refractivity contribution in [2.24, 2.45) is 0 Å². The highest BCUT2D eigenvalue weighted by Gasteiger charge is 2.08. The van der Waals surface area contributed by atoms with Gasteiger partial charge in [-0.05, 0) is 35.9 Å². The highest BCUT2D eigenvalue weighted by Crippen LogP contribution is 2.19. The van der Waals surface area contributed by atoms with Crippen LogP contribution in [0.5, 0.6) is 0 Å². The Bertz CT molecular complexity index is 721. The quantitative estimate of drug-likeness (QED) is 0.863. The number of amides is 2. The van der Waals surface area contributed by atoms with Gasteiger partial charge in [-0.1, -0.05) is 35.3 Å². The summed E-state index contributed by atoms with van der Waals surface area (Å²) in [5.41, 5.74) is 1.14. The second-order valence-corrected chi connectivity index (χ2v) is 5.60. The van der Waals surface area contributed by atoms with Crippen LogP contribution in [-0.4, -0.2) is 18.4 Å². The fourth-order valence-electron chi connectivity index (χ4n) is 1.81. The first kappa shape index (κ1) is 17.2. The maximum atomic E-state index is 13.0. The number of nitrogens with one attached hydrogen (secondary N) is 2. The number of rotatable bonds is 5. The van der Waals surface area contributed by atoms with Gasteiger partial charge in [-0.3, -0.25) is 9.59 Å². The van der Waals surface area contributed by atoms with E-state index >= 15 is 0 Å². The Morgan fingerprint density at radius 2 is 1.70 bits per heavy atom. The molecule has 0 aliphatic rings. The van der Waals surface area contributed by atoms with Gasteiger partial charge in [0.05, 0.1) is 18.0 Å². The van der Waals surface area contributed by atoms with Crippen LogP contribution < -0.4 is 10.6 Å². The molecule has 7 heteroatoms. The van der Waals surface area contributed by atoms with Crippen LogP contribution in [0.4, 0.5) is 10.1 Å². The highest BCUT2D eigenvalue weighted by atomic mass is 35.5. The van der Waals surface area contributed by atoms with Gasteiger partial charge in [-0.2, -0.15) is 0 Å². The van der Waals surface area contributed by atoms with Crippen LogP contribution in [0.25, 0.3) is 0 Å². The summed E-state index contributed by atoms with van der Waals surface area (Å²) >= 11 is 11.4. The monoisotopic (exact) mass is 354 g/mol. The number of carbonyl (C=O) groups is 2. The largest absolute Gasteiger partial charge is 0.347 e. The Morgan fingerprint density at radius 1 is 1.00 bits per heavy atom. The molecule has 0 spiro atoms. The van der Waals surface area contributed by atoms with E-state index in [0.29, 0.717) is 10.7 Å². The smallest absolute Gasteiger partial charge is 0.243 e. The van der Waals surface area contributed by atoms with Crippen LogP contribution in [0, 0.1) is 5.82 Å². The molecule has 2 aromatic carbocycles. The Hall–Kier alpha value is -2.11. The molecule has 2 N–H and O–H groups in total. The van der Waals surface area contributed by atoms with E-state index in [-0.39, 0.29) is 23.9 Å². The van der Waals surface area contributed by atoms with Gasteiger partial charge in [0.1, 0.15) is 5.82 Å². The molecule has 0 saturated carbocycles. The average molecular weight is 355 g/mol. The first-order valence-corrected chi connectivity index (χ1v) is 7.45. The zero-order chi connectivity index (χ0) is 16.8. The normalized spacial score (nSPS) is 10.2. The van der Waals surface area contributed by atoms with Crippen molar-refractivity contribution < 1.29 is 14.0 Å². The summed E-state index contributed by atoms with van der Waals surface area (Å²) in [6.45, 7) is -0.193. The van der Waals surface area contributed by atoms with Gasteiger partial charge < -0.3 is 10.6 Å². The SMILES string of the molecule is O=C(Cc1ccc(Cl)cc1)NCC(=O)Nc1ccc(F)c(Cl)c1. The third-order valence-electron chi connectivity index (χ3n) is 2.93. The van der Waals surface area contributed by atoms with Crippen molar-refractivity contribution in [1.82, 2.24) is 5.32 Å². The van der Waals surface area contributed by atoms with Crippen molar-refractivity contribution in [3.63, 3.8) is 0 Å². The van der Waals surface area contributed by atoms with Crippen LogP contribution >= 0.6 is 23.2 Å². The second-order valence-electron chi connectivity index (χ2n) is 4.76. The molecule has 0 unspecified atom stereocenters. The second kappa shape index (κ2) is 7.94. The Balaban J connectivity index is 1.80. The Morgan fingerprint density at radius 3 is 2.35 bits per heavy atom. The molecule has 0 radical (unpaired) electrons. The zero-order valence-corrected chi connectivity index (χ0v) is 13.4. The number of hydrogen-bond donors (Lipinski definition) is 2. The van der Waals surface area contributed by atoms with Crippen LogP contribution in [-0.2, 0) is 16.0 Å². The molecule has 0 heterocycles. The molecule has 2 amide bonds. The third-order valence-corrected chi connectivity index (χ3v) is 3.47. The Kier molecular flexibility index (Phi) is 5.96. The minimum Gasteiger partial charge on any atom is -0.347 e. The van der Waals surface area contributed by atoms with E-state index < -0.39 is 11.7 Å². The molecule has 2 aromatic rings. The van der Waals surface area contributed by atoms with Crippen molar-refractivity contribution in [1.29, 1.82) is 0 Å². The molecule has 0 saturated heterocycles. The van der Waals surface area contributed by atoms with E-state index in [2.05, 4.69) is 10.6 Å². The topological polar surface area (TPSA) is 58.2 Å². The summed E-state index contributed by atoms with van der Waals surface area (Å²) in [5.74, 6) is -1.29. The average Bonchev–Trinajstić information content (AvgIpc) is 2.51. The van der Waals surface area contributed by atoms with E-state index in [1.807, 2.05) is 0 Å². The maximum Gasteiger partial charge on any atom is 0.243 e. The lowest BCUT2D eigenvalue weighted by Crippen LogP contribution is -2.33. The first-order chi connectivity index (χ1) is 10.9. The predicted molar refractivity (Wildman–Crippen MR) is 88.2 cm³/mol. The van der Waals surface area contributed by atoms with Gasteiger partial charge >= 0.3 is 0 Å². The fraction of sp³-hybridized carbons (Fsp3) is 0.125. The lowest BCUT2D eigenvalue weighted by molar-refractivity contribution is -0.123. The summed E-state index contributed by atoms with van der Waals surface area (Å²) < 4.78 is 13.0. The molecular formula is C16H13Cl2FN2O2. The summed E-state index contributed by atoms with van der Waals surface area (Å²) in [4.78, 5) is 23.5. The van der Waals surface area contributed by atoms with Gasteiger partial charge in [0.25, 0.3) is 0 Å². The summed E-state index contributed by atoms with van der Waals surface area (Å²) in [6.07, 6.45) is 0.146. The molecule has 0 aliphatic carbocycles. The number of benzene rings is 2. The van der Waals surface area contributed by atoms with Gasteiger partial charge in [0.15, 0.2) is 0 Å². The molecule has 0 aromatic heterocycles. The summed E-state index contributed by atoms with van der Waals surface area (Å²) in [5, 5.41) is 5.52. The third kappa shape index (κ3) is 5.54. The van der Waals surface area contributed by atoms with Crippen molar-refractivity contribution in [2.75, 3.05) is 11.9 Å². The predicted octanol–water partition coefficient (Wildman–Crippen LogP) is 3.43. The lowest BCUT2D eigenvalue weighted by atomic mass is 10.1. The molecule has 0 atom stereocenters.